The minimum absolute atomic E-state index is 0.589. The van der Waals surface area contributed by atoms with E-state index in [0.717, 1.165) is 60.7 Å². The fourth-order valence-electron chi connectivity index (χ4n) is 3.19. The van der Waals surface area contributed by atoms with Gasteiger partial charge in [-0.3, -0.25) is 4.98 Å². The number of halogens is 3. The first-order chi connectivity index (χ1) is 12.5. The lowest BCUT2D eigenvalue weighted by Crippen LogP contribution is -2.08. The normalized spacial score (nSPS) is 14.4. The highest BCUT2D eigenvalue weighted by Crippen LogP contribution is 2.34. The smallest absolute Gasteiger partial charge is 0.370 e. The number of anilines is 1. The van der Waals surface area contributed by atoms with Gasteiger partial charge in [-0.05, 0) is 55.7 Å². The van der Waals surface area contributed by atoms with Crippen molar-refractivity contribution in [2.24, 2.45) is 0 Å². The molecule has 3 aromatic rings. The maximum atomic E-state index is 12.8. The zero-order valence-electron chi connectivity index (χ0n) is 13.9. The van der Waals surface area contributed by atoms with Crippen molar-refractivity contribution in [1.82, 2.24) is 14.8 Å². The molecule has 4 rings (SSSR count). The van der Waals surface area contributed by atoms with Gasteiger partial charge in [0, 0.05) is 18.3 Å². The van der Waals surface area contributed by atoms with Crippen molar-refractivity contribution in [1.29, 1.82) is 0 Å². The number of hydrogen-bond acceptors (Lipinski definition) is 3. The van der Waals surface area contributed by atoms with Crippen molar-refractivity contribution in [3.05, 3.63) is 59.8 Å². The van der Waals surface area contributed by atoms with Crippen LogP contribution in [0.25, 0.3) is 17.1 Å². The van der Waals surface area contributed by atoms with Gasteiger partial charge in [0.05, 0.1) is 16.9 Å². The number of rotatable bonds is 2. The lowest BCUT2D eigenvalue weighted by Gasteiger charge is -2.11. The fourth-order valence-corrected chi connectivity index (χ4v) is 3.19. The summed E-state index contributed by atoms with van der Waals surface area (Å²) in [4.78, 5) is 4.39. The molecule has 0 fully saturated rings. The first-order valence-corrected chi connectivity index (χ1v) is 8.49. The molecule has 1 aliphatic rings. The molecule has 0 saturated heterocycles. The van der Waals surface area contributed by atoms with Crippen molar-refractivity contribution < 1.29 is 13.2 Å². The van der Waals surface area contributed by atoms with Crippen LogP contribution in [0.2, 0.25) is 0 Å². The summed E-state index contributed by atoms with van der Waals surface area (Å²) < 4.78 is 40.2. The van der Waals surface area contributed by atoms with Crippen molar-refractivity contribution in [3.8, 4) is 17.1 Å². The number of hydrogen-bond donors (Lipinski definition) is 1. The summed E-state index contributed by atoms with van der Waals surface area (Å²) in [6.45, 7) is 0.807. The van der Waals surface area contributed by atoms with Crippen LogP contribution in [0.1, 0.15) is 24.0 Å². The lowest BCUT2D eigenvalue weighted by molar-refractivity contribution is -0.137. The molecule has 1 N–H and O–H groups in total. The molecule has 4 nitrogen and oxygen atoms in total. The Balaban J connectivity index is 1.83. The molecule has 7 heteroatoms. The third-order valence-corrected chi connectivity index (χ3v) is 4.48. The van der Waals surface area contributed by atoms with Gasteiger partial charge in [0.15, 0.2) is 0 Å². The van der Waals surface area contributed by atoms with Crippen LogP contribution in [0.5, 0.6) is 0 Å². The van der Waals surface area contributed by atoms with Gasteiger partial charge in [-0.15, -0.1) is 0 Å². The van der Waals surface area contributed by atoms with Gasteiger partial charge in [0.1, 0.15) is 11.5 Å². The molecule has 0 radical (unpaired) electrons. The van der Waals surface area contributed by atoms with Crippen LogP contribution in [-0.2, 0) is 12.6 Å². The molecule has 1 aromatic carbocycles. The highest BCUT2D eigenvalue weighted by Gasteiger charge is 2.30. The molecular formula is C19H17F3N4. The first-order valence-electron chi connectivity index (χ1n) is 8.49. The molecule has 2 aromatic heterocycles. The van der Waals surface area contributed by atoms with Gasteiger partial charge in [-0.25, -0.2) is 4.68 Å². The Morgan fingerprint density at radius 2 is 1.81 bits per heavy atom. The molecule has 3 heterocycles. The molecule has 26 heavy (non-hydrogen) atoms. The summed E-state index contributed by atoms with van der Waals surface area (Å²) in [5, 5.41) is 8.05. The molecule has 0 aliphatic carbocycles. The summed E-state index contributed by atoms with van der Waals surface area (Å²) in [7, 11) is 0. The summed E-state index contributed by atoms with van der Waals surface area (Å²) >= 11 is 0. The van der Waals surface area contributed by atoms with Crippen LogP contribution in [0.15, 0.2) is 48.7 Å². The van der Waals surface area contributed by atoms with E-state index in [2.05, 4.69) is 15.4 Å². The van der Waals surface area contributed by atoms with Crippen LogP contribution in [0, 0.1) is 0 Å². The number of fused-ring (bicyclic) bond motifs is 1. The predicted octanol–water partition coefficient (Wildman–Crippen LogP) is 4.70. The van der Waals surface area contributed by atoms with Gasteiger partial charge in [-0.1, -0.05) is 6.07 Å². The minimum atomic E-state index is -4.35. The topological polar surface area (TPSA) is 42.7 Å². The van der Waals surface area contributed by atoms with E-state index < -0.39 is 11.7 Å². The molecule has 0 atom stereocenters. The largest absolute Gasteiger partial charge is 0.416 e. The fraction of sp³-hybridized carbons (Fsp3) is 0.263. The van der Waals surface area contributed by atoms with Gasteiger partial charge >= 0.3 is 6.18 Å². The molecule has 0 bridgehead atoms. The molecule has 0 amide bonds. The van der Waals surface area contributed by atoms with Crippen LogP contribution in [0.4, 0.5) is 19.0 Å². The maximum absolute atomic E-state index is 12.8. The highest BCUT2D eigenvalue weighted by atomic mass is 19.4. The number of nitrogens with one attached hydrogen (secondary N) is 1. The highest BCUT2D eigenvalue weighted by molar-refractivity contribution is 5.68. The summed E-state index contributed by atoms with van der Waals surface area (Å²) in [5.41, 5.74) is 2.51. The monoisotopic (exact) mass is 358 g/mol. The molecule has 1 aliphatic heterocycles. The van der Waals surface area contributed by atoms with Crippen molar-refractivity contribution in [2.45, 2.75) is 25.4 Å². The second-order valence-electron chi connectivity index (χ2n) is 6.23. The summed E-state index contributed by atoms with van der Waals surface area (Å²) in [6, 6.07) is 10.7. The van der Waals surface area contributed by atoms with Crippen molar-refractivity contribution in [3.63, 3.8) is 0 Å². The Morgan fingerprint density at radius 1 is 1.00 bits per heavy atom. The molecular weight excluding hydrogens is 341 g/mol. The van der Waals surface area contributed by atoms with Crippen LogP contribution < -0.4 is 5.32 Å². The Labute approximate surface area is 148 Å². The van der Waals surface area contributed by atoms with Crippen molar-refractivity contribution >= 4 is 5.82 Å². The quantitative estimate of drug-likeness (QED) is 0.722. The zero-order chi connectivity index (χ0) is 18.1. The standard InChI is InChI=1S/C19H17F3N4/c20-19(21,22)13-7-9-14(10-8-13)26-18-15(5-1-3-12-24-18)17(25-26)16-6-2-4-11-23-16/h2,4,6-11,24H,1,3,5,12H2. The van der Waals surface area contributed by atoms with E-state index in [9.17, 15) is 13.2 Å². The number of nitrogens with zero attached hydrogens (tertiary/aromatic N) is 3. The second-order valence-corrected chi connectivity index (χ2v) is 6.23. The van der Waals surface area contributed by atoms with Crippen LogP contribution in [-0.4, -0.2) is 21.3 Å². The second kappa shape index (κ2) is 6.48. The van der Waals surface area contributed by atoms with Gasteiger partial charge in [0.25, 0.3) is 0 Å². The van der Waals surface area contributed by atoms with Gasteiger partial charge in [-0.2, -0.15) is 18.3 Å². The average molecular weight is 358 g/mol. The Kier molecular flexibility index (Phi) is 4.14. The molecule has 0 unspecified atom stereocenters. The van der Waals surface area contributed by atoms with E-state index in [-0.39, 0.29) is 0 Å². The SMILES string of the molecule is FC(F)(F)c1ccc(-n2nc(-c3ccccn3)c3c2NCCCC3)cc1. The third kappa shape index (κ3) is 3.05. The minimum Gasteiger partial charge on any atom is -0.370 e. The molecule has 0 spiro atoms. The zero-order valence-corrected chi connectivity index (χ0v) is 13.9. The van der Waals surface area contributed by atoms with E-state index in [1.54, 1.807) is 10.9 Å². The third-order valence-electron chi connectivity index (χ3n) is 4.48. The number of aromatic nitrogens is 3. The number of benzene rings is 1. The average Bonchev–Trinajstić information content (AvgIpc) is 2.83. The van der Waals surface area contributed by atoms with Crippen molar-refractivity contribution in [2.75, 3.05) is 11.9 Å². The number of alkyl halides is 3. The summed E-state index contributed by atoms with van der Waals surface area (Å²) in [5.74, 6) is 0.836. The summed E-state index contributed by atoms with van der Waals surface area (Å²) in [6.07, 6.45) is 0.274. The van der Waals surface area contributed by atoms with E-state index in [1.165, 1.54) is 12.1 Å². The first kappa shape index (κ1) is 16.6. The predicted molar refractivity (Wildman–Crippen MR) is 93.2 cm³/mol. The molecule has 0 saturated carbocycles. The Bertz CT molecular complexity index is 899. The van der Waals surface area contributed by atoms with E-state index in [4.69, 9.17) is 0 Å². The Morgan fingerprint density at radius 3 is 2.50 bits per heavy atom. The molecule has 134 valence electrons. The Hall–Kier alpha value is -2.83. The maximum Gasteiger partial charge on any atom is 0.416 e. The van der Waals surface area contributed by atoms with E-state index in [1.807, 2.05) is 18.2 Å². The lowest BCUT2D eigenvalue weighted by atomic mass is 10.1. The van der Waals surface area contributed by atoms with Gasteiger partial charge in [0.2, 0.25) is 0 Å². The van der Waals surface area contributed by atoms with E-state index in [0.29, 0.717) is 5.69 Å². The van der Waals surface area contributed by atoms with Crippen LogP contribution in [0.3, 0.4) is 0 Å². The van der Waals surface area contributed by atoms with E-state index >= 15 is 0 Å². The van der Waals surface area contributed by atoms with Crippen LogP contribution >= 0.6 is 0 Å². The van der Waals surface area contributed by atoms with Gasteiger partial charge < -0.3 is 5.32 Å². The number of pyridine rings is 1.